The summed E-state index contributed by atoms with van der Waals surface area (Å²) in [5.41, 5.74) is 0.843. The van der Waals surface area contributed by atoms with Crippen molar-refractivity contribution in [3.8, 4) is 11.5 Å². The highest BCUT2D eigenvalue weighted by molar-refractivity contribution is 6.07. The summed E-state index contributed by atoms with van der Waals surface area (Å²) in [6, 6.07) is 5.49. The number of fused-ring (bicyclic) bond motifs is 1. The summed E-state index contributed by atoms with van der Waals surface area (Å²) in [5.74, 6) is -0.200. The molecule has 1 aromatic rings. The minimum absolute atomic E-state index is 0.236. The third-order valence-corrected chi connectivity index (χ3v) is 5.37. The van der Waals surface area contributed by atoms with E-state index in [-0.39, 0.29) is 42.6 Å². The average Bonchev–Trinajstić information content (AvgIpc) is 2.98. The van der Waals surface area contributed by atoms with E-state index < -0.39 is 0 Å². The molecular weight excluding hydrogens is 372 g/mol. The maximum atomic E-state index is 12.4. The van der Waals surface area contributed by atoms with Gasteiger partial charge in [0.25, 0.3) is 0 Å². The zero-order chi connectivity index (χ0) is 20.8. The van der Waals surface area contributed by atoms with Crippen molar-refractivity contribution in [3.05, 3.63) is 35.9 Å². The van der Waals surface area contributed by atoms with Gasteiger partial charge in [0.1, 0.15) is 6.54 Å². The molecule has 156 valence electrons. The Morgan fingerprint density at radius 1 is 1.14 bits per heavy atom. The maximum Gasteiger partial charge on any atom is 0.240 e. The summed E-state index contributed by atoms with van der Waals surface area (Å²) < 4.78 is 11.1. The van der Waals surface area contributed by atoms with Crippen LogP contribution in [0.4, 0.5) is 0 Å². The van der Waals surface area contributed by atoms with Crippen LogP contribution in [0.25, 0.3) is 0 Å². The smallest absolute Gasteiger partial charge is 0.240 e. The Morgan fingerprint density at radius 2 is 1.83 bits per heavy atom. The molecule has 3 amide bonds. The third kappa shape index (κ3) is 4.78. The molecule has 0 radical (unpaired) electrons. The van der Waals surface area contributed by atoms with Crippen LogP contribution < -0.4 is 14.8 Å². The number of carbonyl (C=O) groups is 3. The lowest BCUT2D eigenvalue weighted by Gasteiger charge is -2.15. The summed E-state index contributed by atoms with van der Waals surface area (Å²) in [6.45, 7) is 2.76. The standard InChI is InChI=1S/C22H28N2O5/c1-3-4-11-29-18-10-9-15(12-19(18)28-2)13-23-20(25)14-24-21(26)16-7-5-6-8-17(16)22(24)27/h5-6,9-10,12,16-17H,3-4,7-8,11,13-14H2,1-2H3,(H,23,25). The van der Waals surface area contributed by atoms with Crippen molar-refractivity contribution in [2.45, 2.75) is 39.2 Å². The van der Waals surface area contributed by atoms with Gasteiger partial charge in [-0.25, -0.2) is 0 Å². The normalized spacial score (nSPS) is 20.6. The maximum absolute atomic E-state index is 12.4. The fourth-order valence-electron chi connectivity index (χ4n) is 3.69. The van der Waals surface area contributed by atoms with Crippen molar-refractivity contribution in [2.24, 2.45) is 11.8 Å². The summed E-state index contributed by atoms with van der Waals surface area (Å²) >= 11 is 0. The van der Waals surface area contributed by atoms with Crippen LogP contribution in [-0.4, -0.2) is 42.9 Å². The Kier molecular flexibility index (Phi) is 6.90. The zero-order valence-corrected chi connectivity index (χ0v) is 17.0. The van der Waals surface area contributed by atoms with Gasteiger partial charge in [0.05, 0.1) is 25.6 Å². The predicted molar refractivity (Wildman–Crippen MR) is 107 cm³/mol. The number of nitrogens with one attached hydrogen (secondary N) is 1. The number of likely N-dealkylation sites (tertiary alicyclic amines) is 1. The molecule has 2 atom stereocenters. The van der Waals surface area contributed by atoms with Gasteiger partial charge in [-0.1, -0.05) is 31.6 Å². The van der Waals surface area contributed by atoms with E-state index in [0.29, 0.717) is 30.9 Å². The van der Waals surface area contributed by atoms with Crippen molar-refractivity contribution in [1.82, 2.24) is 10.2 Å². The van der Waals surface area contributed by atoms with Gasteiger partial charge in [-0.15, -0.1) is 0 Å². The fraction of sp³-hybridized carbons (Fsp3) is 0.500. The van der Waals surface area contributed by atoms with Crippen molar-refractivity contribution >= 4 is 17.7 Å². The molecule has 1 heterocycles. The number of unbranched alkanes of at least 4 members (excludes halogenated alkanes) is 1. The average molecular weight is 400 g/mol. The van der Waals surface area contributed by atoms with E-state index in [1.54, 1.807) is 7.11 Å². The quantitative estimate of drug-likeness (QED) is 0.391. The van der Waals surface area contributed by atoms with Gasteiger partial charge in [0, 0.05) is 6.54 Å². The van der Waals surface area contributed by atoms with E-state index in [1.807, 2.05) is 30.4 Å². The first-order valence-corrected chi connectivity index (χ1v) is 10.1. The molecule has 1 fully saturated rings. The topological polar surface area (TPSA) is 84.9 Å². The van der Waals surface area contributed by atoms with Gasteiger partial charge < -0.3 is 14.8 Å². The molecule has 1 N–H and O–H groups in total. The number of methoxy groups -OCH3 is 1. The highest BCUT2D eigenvalue weighted by Crippen LogP contribution is 2.34. The largest absolute Gasteiger partial charge is 0.493 e. The highest BCUT2D eigenvalue weighted by atomic mass is 16.5. The molecule has 1 aromatic carbocycles. The van der Waals surface area contributed by atoms with Crippen LogP contribution >= 0.6 is 0 Å². The number of nitrogens with zero attached hydrogens (tertiary/aromatic N) is 1. The minimum Gasteiger partial charge on any atom is -0.493 e. The number of amides is 3. The van der Waals surface area contributed by atoms with E-state index in [2.05, 4.69) is 12.2 Å². The molecule has 29 heavy (non-hydrogen) atoms. The Morgan fingerprint density at radius 3 is 2.45 bits per heavy atom. The first-order valence-electron chi connectivity index (χ1n) is 10.1. The fourth-order valence-corrected chi connectivity index (χ4v) is 3.69. The Balaban J connectivity index is 1.54. The molecule has 1 saturated heterocycles. The van der Waals surface area contributed by atoms with Gasteiger partial charge in [-0.3, -0.25) is 19.3 Å². The van der Waals surface area contributed by atoms with E-state index in [4.69, 9.17) is 9.47 Å². The number of carbonyl (C=O) groups excluding carboxylic acids is 3. The summed E-state index contributed by atoms with van der Waals surface area (Å²) in [4.78, 5) is 38.3. The predicted octanol–water partition coefficient (Wildman–Crippen LogP) is 2.44. The van der Waals surface area contributed by atoms with Crippen molar-refractivity contribution in [2.75, 3.05) is 20.3 Å². The second-order valence-electron chi connectivity index (χ2n) is 7.38. The Labute approximate surface area is 171 Å². The number of allylic oxidation sites excluding steroid dienone is 2. The van der Waals surface area contributed by atoms with Gasteiger partial charge >= 0.3 is 0 Å². The van der Waals surface area contributed by atoms with Crippen LogP contribution in [0.2, 0.25) is 0 Å². The second-order valence-corrected chi connectivity index (χ2v) is 7.38. The third-order valence-electron chi connectivity index (χ3n) is 5.37. The first kappa shape index (κ1) is 20.9. The van der Waals surface area contributed by atoms with Crippen LogP contribution in [0.15, 0.2) is 30.4 Å². The summed E-state index contributed by atoms with van der Waals surface area (Å²) in [5, 5.41) is 2.77. The highest BCUT2D eigenvalue weighted by Gasteiger charge is 2.47. The number of rotatable bonds is 9. The zero-order valence-electron chi connectivity index (χ0n) is 17.0. The molecular formula is C22H28N2O5. The van der Waals surface area contributed by atoms with E-state index in [0.717, 1.165) is 23.3 Å². The lowest BCUT2D eigenvalue weighted by molar-refractivity contribution is -0.143. The summed E-state index contributed by atoms with van der Waals surface area (Å²) in [6.07, 6.45) is 7.01. The number of hydrogen-bond donors (Lipinski definition) is 1. The molecule has 7 heteroatoms. The molecule has 0 saturated carbocycles. The molecule has 0 aromatic heterocycles. The monoisotopic (exact) mass is 400 g/mol. The lowest BCUT2D eigenvalue weighted by Crippen LogP contribution is -2.40. The number of imide groups is 1. The van der Waals surface area contributed by atoms with Crippen molar-refractivity contribution in [3.63, 3.8) is 0 Å². The Hall–Kier alpha value is -2.83. The van der Waals surface area contributed by atoms with E-state index in [1.165, 1.54) is 0 Å². The van der Waals surface area contributed by atoms with Crippen LogP contribution in [-0.2, 0) is 20.9 Å². The summed E-state index contributed by atoms with van der Waals surface area (Å²) in [7, 11) is 1.57. The number of hydrogen-bond acceptors (Lipinski definition) is 5. The van der Waals surface area contributed by atoms with Gasteiger partial charge in [0.15, 0.2) is 11.5 Å². The molecule has 0 spiro atoms. The Bertz CT molecular complexity index is 778. The van der Waals surface area contributed by atoms with Crippen LogP contribution in [0, 0.1) is 11.8 Å². The molecule has 2 aliphatic rings. The molecule has 2 unspecified atom stereocenters. The van der Waals surface area contributed by atoms with Crippen LogP contribution in [0.1, 0.15) is 38.2 Å². The van der Waals surface area contributed by atoms with Gasteiger partial charge in [-0.05, 0) is 37.0 Å². The second kappa shape index (κ2) is 9.58. The SMILES string of the molecule is CCCCOc1ccc(CNC(=O)CN2C(=O)C3CC=CCC3C2=O)cc1OC. The van der Waals surface area contributed by atoms with E-state index >= 15 is 0 Å². The first-order chi connectivity index (χ1) is 14.0. The molecule has 7 nitrogen and oxygen atoms in total. The van der Waals surface area contributed by atoms with Crippen LogP contribution in [0.3, 0.4) is 0 Å². The number of benzene rings is 1. The van der Waals surface area contributed by atoms with Gasteiger partial charge in [-0.2, -0.15) is 0 Å². The molecule has 0 bridgehead atoms. The minimum atomic E-state index is -0.361. The number of ether oxygens (including phenoxy) is 2. The van der Waals surface area contributed by atoms with E-state index in [9.17, 15) is 14.4 Å². The molecule has 3 rings (SSSR count). The lowest BCUT2D eigenvalue weighted by atomic mass is 9.85. The molecule has 1 aliphatic heterocycles. The molecule has 1 aliphatic carbocycles. The van der Waals surface area contributed by atoms with Gasteiger partial charge in [0.2, 0.25) is 17.7 Å². The van der Waals surface area contributed by atoms with Crippen LogP contribution in [0.5, 0.6) is 11.5 Å². The van der Waals surface area contributed by atoms with Crippen molar-refractivity contribution < 1.29 is 23.9 Å². The van der Waals surface area contributed by atoms with Crippen molar-refractivity contribution in [1.29, 1.82) is 0 Å².